The topological polar surface area (TPSA) is 24.9 Å². The van der Waals surface area contributed by atoms with E-state index in [4.69, 9.17) is 0 Å². The molecule has 3 rings (SSSR count). The van der Waals surface area contributed by atoms with Gasteiger partial charge in [-0.3, -0.25) is 4.98 Å². The third-order valence-electron chi connectivity index (χ3n) is 3.78. The van der Waals surface area contributed by atoms with Crippen LogP contribution in [0.2, 0.25) is 0 Å². The first-order valence-electron chi connectivity index (χ1n) is 6.70. The van der Waals surface area contributed by atoms with E-state index < -0.39 is 0 Å². The van der Waals surface area contributed by atoms with Crippen molar-refractivity contribution in [3.8, 4) is 0 Å². The molecule has 0 saturated heterocycles. The monoisotopic (exact) mass is 316 g/mol. The number of aromatic nitrogens is 1. The van der Waals surface area contributed by atoms with Crippen molar-refractivity contribution in [1.82, 2.24) is 10.3 Å². The molecule has 2 aromatic rings. The van der Waals surface area contributed by atoms with Crippen LogP contribution in [0, 0.1) is 0 Å². The number of halogens is 1. The lowest BCUT2D eigenvalue weighted by molar-refractivity contribution is 0.288. The summed E-state index contributed by atoms with van der Waals surface area (Å²) in [6.45, 7) is 0.869. The number of rotatable bonds is 4. The summed E-state index contributed by atoms with van der Waals surface area (Å²) in [4.78, 5) is 4.33. The fourth-order valence-corrected chi connectivity index (χ4v) is 3.20. The second-order valence-corrected chi connectivity index (χ2v) is 5.94. The highest BCUT2D eigenvalue weighted by Crippen LogP contribution is 2.39. The van der Waals surface area contributed by atoms with E-state index >= 15 is 0 Å². The SMILES string of the molecule is Brc1ccccc1C1CC(NCc2ccccn2)C1. The molecule has 1 aromatic heterocycles. The van der Waals surface area contributed by atoms with Crippen LogP contribution < -0.4 is 5.32 Å². The van der Waals surface area contributed by atoms with Crippen molar-refractivity contribution in [2.75, 3.05) is 0 Å². The first-order chi connectivity index (χ1) is 9.33. The van der Waals surface area contributed by atoms with E-state index in [2.05, 4.69) is 56.6 Å². The Morgan fingerprint density at radius 3 is 2.63 bits per heavy atom. The van der Waals surface area contributed by atoms with Gasteiger partial charge in [0.25, 0.3) is 0 Å². The number of nitrogens with zero attached hydrogens (tertiary/aromatic N) is 1. The Kier molecular flexibility index (Phi) is 3.95. The molecule has 0 spiro atoms. The number of nitrogens with one attached hydrogen (secondary N) is 1. The van der Waals surface area contributed by atoms with Crippen molar-refractivity contribution in [3.63, 3.8) is 0 Å². The van der Waals surface area contributed by atoms with Crippen molar-refractivity contribution in [2.45, 2.75) is 31.3 Å². The minimum Gasteiger partial charge on any atom is -0.308 e. The zero-order valence-corrected chi connectivity index (χ0v) is 12.3. The predicted molar refractivity (Wildman–Crippen MR) is 81.0 cm³/mol. The smallest absolute Gasteiger partial charge is 0.0541 e. The van der Waals surface area contributed by atoms with E-state index in [1.165, 1.54) is 22.9 Å². The van der Waals surface area contributed by atoms with Crippen LogP contribution in [0.25, 0.3) is 0 Å². The Labute approximate surface area is 122 Å². The fourth-order valence-electron chi connectivity index (χ4n) is 2.60. The van der Waals surface area contributed by atoms with Crippen molar-refractivity contribution in [1.29, 1.82) is 0 Å². The van der Waals surface area contributed by atoms with E-state index in [9.17, 15) is 0 Å². The summed E-state index contributed by atoms with van der Waals surface area (Å²) < 4.78 is 1.24. The van der Waals surface area contributed by atoms with Crippen molar-refractivity contribution in [3.05, 3.63) is 64.4 Å². The highest BCUT2D eigenvalue weighted by molar-refractivity contribution is 9.10. The van der Waals surface area contributed by atoms with Crippen molar-refractivity contribution >= 4 is 15.9 Å². The zero-order chi connectivity index (χ0) is 13.1. The lowest BCUT2D eigenvalue weighted by Gasteiger charge is -2.36. The Balaban J connectivity index is 1.50. The minimum atomic E-state index is 0.624. The summed E-state index contributed by atoms with van der Waals surface area (Å²) in [6, 6.07) is 15.2. The molecule has 0 bridgehead atoms. The molecule has 1 heterocycles. The molecule has 0 aliphatic heterocycles. The molecule has 1 aliphatic carbocycles. The Bertz CT molecular complexity index is 535. The molecule has 1 N–H and O–H groups in total. The second-order valence-electron chi connectivity index (χ2n) is 5.09. The molecule has 0 unspecified atom stereocenters. The lowest BCUT2D eigenvalue weighted by Crippen LogP contribution is -2.39. The van der Waals surface area contributed by atoms with Gasteiger partial charge in [-0.1, -0.05) is 40.2 Å². The van der Waals surface area contributed by atoms with Crippen molar-refractivity contribution < 1.29 is 0 Å². The third kappa shape index (κ3) is 3.04. The summed E-state index contributed by atoms with van der Waals surface area (Å²) in [7, 11) is 0. The largest absolute Gasteiger partial charge is 0.308 e. The number of pyridine rings is 1. The number of hydrogen-bond acceptors (Lipinski definition) is 2. The summed E-state index contributed by atoms with van der Waals surface area (Å²) in [5.74, 6) is 0.691. The molecule has 1 aliphatic rings. The molecule has 1 fully saturated rings. The fraction of sp³-hybridized carbons (Fsp3) is 0.312. The third-order valence-corrected chi connectivity index (χ3v) is 4.50. The van der Waals surface area contributed by atoms with Crippen LogP contribution in [-0.4, -0.2) is 11.0 Å². The van der Waals surface area contributed by atoms with Crippen LogP contribution in [0.3, 0.4) is 0 Å². The Morgan fingerprint density at radius 2 is 1.89 bits per heavy atom. The van der Waals surface area contributed by atoms with Gasteiger partial charge in [0.2, 0.25) is 0 Å². The molecule has 0 atom stereocenters. The van der Waals surface area contributed by atoms with Crippen molar-refractivity contribution in [2.24, 2.45) is 0 Å². The molecular weight excluding hydrogens is 300 g/mol. The Hall–Kier alpha value is -1.19. The first-order valence-corrected chi connectivity index (χ1v) is 7.50. The van der Waals surface area contributed by atoms with E-state index in [0.717, 1.165) is 12.2 Å². The van der Waals surface area contributed by atoms with Crippen LogP contribution in [0.1, 0.15) is 30.0 Å². The summed E-state index contributed by atoms with van der Waals surface area (Å²) in [5, 5.41) is 3.58. The van der Waals surface area contributed by atoms with E-state index in [-0.39, 0.29) is 0 Å². The van der Waals surface area contributed by atoms with Crippen LogP contribution in [0.15, 0.2) is 53.1 Å². The van der Waals surface area contributed by atoms with E-state index in [1.54, 1.807) is 0 Å². The van der Waals surface area contributed by atoms with E-state index in [0.29, 0.717) is 12.0 Å². The second kappa shape index (κ2) is 5.85. The highest BCUT2D eigenvalue weighted by Gasteiger charge is 2.30. The molecule has 0 radical (unpaired) electrons. The van der Waals surface area contributed by atoms with Gasteiger partial charge in [0, 0.05) is 23.3 Å². The van der Waals surface area contributed by atoms with Crippen LogP contribution in [0.5, 0.6) is 0 Å². The van der Waals surface area contributed by atoms with Gasteiger partial charge in [-0.15, -0.1) is 0 Å². The first kappa shape index (κ1) is 12.8. The quantitative estimate of drug-likeness (QED) is 0.926. The molecule has 98 valence electrons. The van der Waals surface area contributed by atoms with Crippen LogP contribution >= 0.6 is 15.9 Å². The van der Waals surface area contributed by atoms with E-state index in [1.807, 2.05) is 18.3 Å². The predicted octanol–water partition coefficient (Wildman–Crippen LogP) is 3.88. The average molecular weight is 317 g/mol. The molecule has 2 nitrogen and oxygen atoms in total. The summed E-state index contributed by atoms with van der Waals surface area (Å²) >= 11 is 3.64. The summed E-state index contributed by atoms with van der Waals surface area (Å²) in [5.41, 5.74) is 2.56. The standard InChI is InChI=1S/C16H17BrN2/c17-16-7-2-1-6-15(16)12-9-14(10-12)19-11-13-5-3-4-8-18-13/h1-8,12,14,19H,9-11H2. The summed E-state index contributed by atoms with van der Waals surface area (Å²) in [6.07, 6.45) is 4.28. The van der Waals surface area contributed by atoms with Gasteiger partial charge in [-0.2, -0.15) is 0 Å². The van der Waals surface area contributed by atoms with Gasteiger partial charge in [0.15, 0.2) is 0 Å². The molecule has 3 heteroatoms. The average Bonchev–Trinajstić information content (AvgIpc) is 2.40. The normalized spacial score (nSPS) is 21.9. The van der Waals surface area contributed by atoms with Gasteiger partial charge in [0.1, 0.15) is 0 Å². The lowest BCUT2D eigenvalue weighted by atomic mass is 9.76. The maximum atomic E-state index is 4.33. The maximum Gasteiger partial charge on any atom is 0.0541 e. The van der Waals surface area contributed by atoms with Gasteiger partial charge in [-0.25, -0.2) is 0 Å². The molecular formula is C16H17BrN2. The maximum absolute atomic E-state index is 4.33. The number of benzene rings is 1. The van der Waals surface area contributed by atoms with Crippen LogP contribution in [0.4, 0.5) is 0 Å². The van der Waals surface area contributed by atoms with Crippen LogP contribution in [-0.2, 0) is 6.54 Å². The number of hydrogen-bond donors (Lipinski definition) is 1. The highest BCUT2D eigenvalue weighted by atomic mass is 79.9. The Morgan fingerprint density at radius 1 is 1.11 bits per heavy atom. The molecule has 1 saturated carbocycles. The molecule has 19 heavy (non-hydrogen) atoms. The van der Waals surface area contributed by atoms with Gasteiger partial charge in [0.05, 0.1) is 5.69 Å². The zero-order valence-electron chi connectivity index (χ0n) is 10.7. The molecule has 1 aromatic carbocycles. The molecule has 0 amide bonds. The van der Waals surface area contributed by atoms with Gasteiger partial charge >= 0.3 is 0 Å². The van der Waals surface area contributed by atoms with Gasteiger partial charge in [-0.05, 0) is 42.5 Å². The van der Waals surface area contributed by atoms with Gasteiger partial charge < -0.3 is 5.32 Å². The minimum absolute atomic E-state index is 0.624.